The summed E-state index contributed by atoms with van der Waals surface area (Å²) < 4.78 is 39.9. The van der Waals surface area contributed by atoms with Crippen molar-refractivity contribution in [1.82, 2.24) is 5.32 Å². The molecule has 0 radical (unpaired) electrons. The van der Waals surface area contributed by atoms with E-state index in [9.17, 15) is 18.0 Å². The zero-order chi connectivity index (χ0) is 15.5. The van der Waals surface area contributed by atoms with E-state index in [1.807, 2.05) is 0 Å². The molecule has 2 N–H and O–H groups in total. The summed E-state index contributed by atoms with van der Waals surface area (Å²) in [5.41, 5.74) is -0.918. The largest absolute Gasteiger partial charge is 0.321 e. The number of hydrogen-bond acceptors (Lipinski definition) is 2. The van der Waals surface area contributed by atoms with Crippen LogP contribution in [-0.4, -0.2) is 18.5 Å². The van der Waals surface area contributed by atoms with Crippen molar-refractivity contribution in [3.8, 4) is 0 Å². The SMILES string of the molecule is CNC1(CC(=O)Nc2c(F)cc(F)cc2F)CCCCC1. The average Bonchev–Trinajstić information content (AvgIpc) is 2.44. The summed E-state index contributed by atoms with van der Waals surface area (Å²) >= 11 is 0. The van der Waals surface area contributed by atoms with Gasteiger partial charge in [0.1, 0.15) is 11.5 Å². The number of benzene rings is 1. The lowest BCUT2D eigenvalue weighted by Crippen LogP contribution is -2.47. The van der Waals surface area contributed by atoms with Crippen LogP contribution in [0.5, 0.6) is 0 Å². The fraction of sp³-hybridized carbons (Fsp3) is 0.533. The van der Waals surface area contributed by atoms with Crippen LogP contribution in [-0.2, 0) is 4.79 Å². The molecular formula is C15H19F3N2O. The van der Waals surface area contributed by atoms with Crippen molar-refractivity contribution in [3.05, 3.63) is 29.6 Å². The summed E-state index contributed by atoms with van der Waals surface area (Å²) in [6.45, 7) is 0. The van der Waals surface area contributed by atoms with Gasteiger partial charge in [0, 0.05) is 24.1 Å². The minimum Gasteiger partial charge on any atom is -0.321 e. The van der Waals surface area contributed by atoms with E-state index in [1.54, 1.807) is 7.05 Å². The van der Waals surface area contributed by atoms with Crippen LogP contribution in [0.3, 0.4) is 0 Å². The van der Waals surface area contributed by atoms with Gasteiger partial charge in [0.25, 0.3) is 0 Å². The molecule has 1 amide bonds. The van der Waals surface area contributed by atoms with Gasteiger partial charge in [-0.25, -0.2) is 13.2 Å². The first-order valence-electron chi connectivity index (χ1n) is 7.09. The summed E-state index contributed by atoms with van der Waals surface area (Å²) in [6, 6.07) is 1.10. The fourth-order valence-corrected chi connectivity index (χ4v) is 2.90. The van der Waals surface area contributed by atoms with E-state index in [4.69, 9.17) is 0 Å². The van der Waals surface area contributed by atoms with Gasteiger partial charge in [-0.1, -0.05) is 19.3 Å². The third kappa shape index (κ3) is 3.75. The van der Waals surface area contributed by atoms with Gasteiger partial charge in [-0.15, -0.1) is 0 Å². The summed E-state index contributed by atoms with van der Waals surface area (Å²) in [5.74, 6) is -3.70. The van der Waals surface area contributed by atoms with E-state index >= 15 is 0 Å². The van der Waals surface area contributed by atoms with Crippen LogP contribution in [0, 0.1) is 17.5 Å². The number of nitrogens with one attached hydrogen (secondary N) is 2. The van der Waals surface area contributed by atoms with E-state index in [1.165, 1.54) is 0 Å². The highest BCUT2D eigenvalue weighted by molar-refractivity contribution is 5.91. The number of anilines is 1. The van der Waals surface area contributed by atoms with E-state index in [0.29, 0.717) is 12.1 Å². The molecule has 0 aliphatic heterocycles. The Labute approximate surface area is 121 Å². The smallest absolute Gasteiger partial charge is 0.226 e. The summed E-state index contributed by atoms with van der Waals surface area (Å²) in [7, 11) is 1.79. The predicted molar refractivity (Wildman–Crippen MR) is 74.4 cm³/mol. The zero-order valence-electron chi connectivity index (χ0n) is 11.9. The maximum atomic E-state index is 13.5. The van der Waals surface area contributed by atoms with Gasteiger partial charge in [0.05, 0.1) is 0 Å². The van der Waals surface area contributed by atoms with E-state index in [2.05, 4.69) is 10.6 Å². The highest BCUT2D eigenvalue weighted by atomic mass is 19.1. The molecule has 0 aromatic heterocycles. The molecule has 1 saturated carbocycles. The van der Waals surface area contributed by atoms with Crippen molar-refractivity contribution in [3.63, 3.8) is 0 Å². The van der Waals surface area contributed by atoms with Gasteiger partial charge in [0.2, 0.25) is 5.91 Å². The first-order valence-corrected chi connectivity index (χ1v) is 7.09. The van der Waals surface area contributed by atoms with Crippen LogP contribution in [0.4, 0.5) is 18.9 Å². The van der Waals surface area contributed by atoms with E-state index in [-0.39, 0.29) is 12.0 Å². The Morgan fingerprint density at radius 3 is 2.24 bits per heavy atom. The second-order valence-corrected chi connectivity index (χ2v) is 5.56. The van der Waals surface area contributed by atoms with Crippen molar-refractivity contribution in [1.29, 1.82) is 0 Å². The molecule has 116 valence electrons. The Morgan fingerprint density at radius 1 is 1.14 bits per heavy atom. The monoisotopic (exact) mass is 300 g/mol. The van der Waals surface area contributed by atoms with Crippen LogP contribution in [0.25, 0.3) is 0 Å². The van der Waals surface area contributed by atoms with Gasteiger partial charge in [-0.05, 0) is 19.9 Å². The number of carbonyl (C=O) groups is 1. The van der Waals surface area contributed by atoms with Crippen molar-refractivity contribution in [2.45, 2.75) is 44.1 Å². The first-order chi connectivity index (χ1) is 9.96. The Kier molecular flexibility index (Phi) is 4.88. The highest BCUT2D eigenvalue weighted by Crippen LogP contribution is 2.31. The van der Waals surface area contributed by atoms with Crippen molar-refractivity contribution in [2.24, 2.45) is 0 Å². The first kappa shape index (κ1) is 15.8. The molecule has 0 bridgehead atoms. The fourth-order valence-electron chi connectivity index (χ4n) is 2.90. The van der Waals surface area contributed by atoms with Crippen LogP contribution in [0.15, 0.2) is 12.1 Å². The molecule has 0 spiro atoms. The molecule has 0 heterocycles. The normalized spacial score (nSPS) is 17.5. The Balaban J connectivity index is 2.08. The number of amides is 1. The molecular weight excluding hydrogens is 281 g/mol. The van der Waals surface area contributed by atoms with Gasteiger partial charge in [-0.3, -0.25) is 4.79 Å². The van der Waals surface area contributed by atoms with Crippen LogP contribution < -0.4 is 10.6 Å². The number of rotatable bonds is 4. The van der Waals surface area contributed by atoms with Gasteiger partial charge in [-0.2, -0.15) is 0 Å². The molecule has 0 unspecified atom stereocenters. The molecule has 0 saturated heterocycles. The Morgan fingerprint density at radius 2 is 1.71 bits per heavy atom. The van der Waals surface area contributed by atoms with Crippen LogP contribution in [0.1, 0.15) is 38.5 Å². The molecule has 6 heteroatoms. The van der Waals surface area contributed by atoms with E-state index < -0.39 is 29.0 Å². The summed E-state index contributed by atoms with van der Waals surface area (Å²) in [4.78, 5) is 12.1. The van der Waals surface area contributed by atoms with Crippen molar-refractivity contribution >= 4 is 11.6 Å². The Hall–Kier alpha value is -1.56. The molecule has 3 nitrogen and oxygen atoms in total. The second-order valence-electron chi connectivity index (χ2n) is 5.56. The second kappa shape index (κ2) is 6.47. The Bertz CT molecular complexity index is 505. The molecule has 1 fully saturated rings. The average molecular weight is 300 g/mol. The maximum absolute atomic E-state index is 13.5. The third-order valence-corrected chi connectivity index (χ3v) is 4.11. The van der Waals surface area contributed by atoms with Crippen molar-refractivity contribution in [2.75, 3.05) is 12.4 Å². The lowest BCUT2D eigenvalue weighted by Gasteiger charge is -2.36. The number of halogens is 3. The molecule has 2 rings (SSSR count). The molecule has 1 aliphatic rings. The predicted octanol–water partition coefficient (Wildman–Crippen LogP) is 3.35. The molecule has 1 aromatic rings. The van der Waals surface area contributed by atoms with Gasteiger partial charge in [0.15, 0.2) is 11.6 Å². The topological polar surface area (TPSA) is 41.1 Å². The van der Waals surface area contributed by atoms with Crippen molar-refractivity contribution < 1.29 is 18.0 Å². The molecule has 1 aliphatic carbocycles. The summed E-state index contributed by atoms with van der Waals surface area (Å²) in [6.07, 6.45) is 5.02. The minimum absolute atomic E-state index is 0.139. The van der Waals surface area contributed by atoms with Crippen LogP contribution in [0.2, 0.25) is 0 Å². The lowest BCUT2D eigenvalue weighted by molar-refractivity contribution is -0.118. The lowest BCUT2D eigenvalue weighted by atomic mass is 9.79. The van der Waals surface area contributed by atoms with E-state index in [0.717, 1.165) is 32.1 Å². The highest BCUT2D eigenvalue weighted by Gasteiger charge is 2.33. The molecule has 1 aromatic carbocycles. The van der Waals surface area contributed by atoms with Gasteiger partial charge < -0.3 is 10.6 Å². The maximum Gasteiger partial charge on any atom is 0.226 e. The number of carbonyl (C=O) groups excluding carboxylic acids is 1. The molecule has 21 heavy (non-hydrogen) atoms. The zero-order valence-corrected chi connectivity index (χ0v) is 11.9. The quantitative estimate of drug-likeness (QED) is 0.895. The van der Waals surface area contributed by atoms with Crippen LogP contribution >= 0.6 is 0 Å². The standard InChI is InChI=1S/C15H19F3N2O/c1-19-15(5-3-2-4-6-15)9-13(21)20-14-11(17)7-10(16)8-12(14)18/h7-8,19H,2-6,9H2,1H3,(H,20,21). The molecule has 0 atom stereocenters. The summed E-state index contributed by atoms with van der Waals surface area (Å²) in [5, 5.41) is 5.38. The number of hydrogen-bond donors (Lipinski definition) is 2. The minimum atomic E-state index is -1.11. The third-order valence-electron chi connectivity index (χ3n) is 4.11. The van der Waals surface area contributed by atoms with Gasteiger partial charge >= 0.3 is 0 Å².